The molecule has 0 unspecified atom stereocenters. The van der Waals surface area contributed by atoms with E-state index in [2.05, 4.69) is 31.8 Å². The number of nitrogens with zero attached hydrogens (tertiary/aromatic N) is 1. The number of hydrazone groups is 1. The Hall–Kier alpha value is -2.18. The van der Waals surface area contributed by atoms with Gasteiger partial charge in [-0.25, -0.2) is 5.43 Å². The molecule has 0 radical (unpaired) electrons. The largest absolute Gasteiger partial charge is 0.325 e. The van der Waals surface area contributed by atoms with Gasteiger partial charge in [-0.05, 0) is 45.8 Å². The first-order chi connectivity index (χ1) is 11.5. The van der Waals surface area contributed by atoms with Crippen molar-refractivity contribution in [3.63, 3.8) is 0 Å². The molecule has 2 rings (SSSR count). The molecule has 124 valence electrons. The van der Waals surface area contributed by atoms with Crippen LogP contribution >= 0.6 is 27.5 Å². The van der Waals surface area contributed by atoms with Gasteiger partial charge in [-0.2, -0.15) is 5.10 Å². The van der Waals surface area contributed by atoms with E-state index < -0.39 is 0 Å². The minimum absolute atomic E-state index is 0.0448. The molecule has 2 aromatic carbocycles. The monoisotopic (exact) mass is 407 g/mol. The highest BCUT2D eigenvalue weighted by Crippen LogP contribution is 2.21. The van der Waals surface area contributed by atoms with Crippen molar-refractivity contribution >= 4 is 51.2 Å². The molecule has 0 aliphatic heterocycles. The van der Waals surface area contributed by atoms with Crippen LogP contribution in [0.1, 0.15) is 18.4 Å². The van der Waals surface area contributed by atoms with Gasteiger partial charge in [-0.15, -0.1) is 0 Å². The molecule has 2 N–H and O–H groups in total. The van der Waals surface area contributed by atoms with Crippen LogP contribution in [0, 0.1) is 0 Å². The number of carbonyl (C=O) groups excluding carboxylic acids is 2. The molecule has 0 aliphatic carbocycles. The lowest BCUT2D eigenvalue weighted by molar-refractivity contribution is -0.124. The number of hydrogen-bond acceptors (Lipinski definition) is 3. The number of amides is 2. The number of rotatable bonds is 6. The molecular weight excluding hydrogens is 394 g/mol. The maximum atomic E-state index is 11.8. The third-order valence-corrected chi connectivity index (χ3v) is 3.91. The van der Waals surface area contributed by atoms with Crippen LogP contribution in [0.25, 0.3) is 0 Å². The van der Waals surface area contributed by atoms with Gasteiger partial charge in [0.1, 0.15) is 0 Å². The Morgan fingerprint density at radius 1 is 1.08 bits per heavy atom. The zero-order chi connectivity index (χ0) is 17.4. The first-order valence-electron chi connectivity index (χ1n) is 7.16. The topological polar surface area (TPSA) is 70.6 Å². The predicted octanol–water partition coefficient (Wildman–Crippen LogP) is 3.97. The van der Waals surface area contributed by atoms with E-state index in [0.717, 1.165) is 10.0 Å². The van der Waals surface area contributed by atoms with Crippen LogP contribution < -0.4 is 10.7 Å². The summed E-state index contributed by atoms with van der Waals surface area (Å²) in [5.41, 5.74) is 3.82. The van der Waals surface area contributed by atoms with E-state index in [-0.39, 0.29) is 24.7 Å². The predicted molar refractivity (Wildman–Crippen MR) is 99.2 cm³/mol. The third kappa shape index (κ3) is 6.14. The van der Waals surface area contributed by atoms with Crippen molar-refractivity contribution in [2.75, 3.05) is 5.32 Å². The van der Waals surface area contributed by atoms with Gasteiger partial charge in [0.2, 0.25) is 11.8 Å². The number of halogens is 2. The second-order valence-electron chi connectivity index (χ2n) is 4.88. The molecule has 24 heavy (non-hydrogen) atoms. The van der Waals surface area contributed by atoms with E-state index in [1.807, 2.05) is 24.3 Å². The van der Waals surface area contributed by atoms with Crippen LogP contribution in [-0.4, -0.2) is 18.0 Å². The summed E-state index contributed by atoms with van der Waals surface area (Å²) in [5.74, 6) is -0.577. The molecule has 0 heterocycles. The van der Waals surface area contributed by atoms with Gasteiger partial charge < -0.3 is 5.32 Å². The average Bonchev–Trinajstić information content (AvgIpc) is 2.55. The summed E-state index contributed by atoms with van der Waals surface area (Å²) >= 11 is 9.20. The summed E-state index contributed by atoms with van der Waals surface area (Å²) in [5, 5.41) is 7.16. The minimum atomic E-state index is -0.337. The Bertz CT molecular complexity index is 765. The average molecular weight is 409 g/mol. The number of nitrogens with one attached hydrogen (secondary N) is 2. The molecule has 2 aromatic rings. The minimum Gasteiger partial charge on any atom is -0.325 e. The standard InChI is InChI=1S/C17H15BrClN3O2/c18-14-6-1-2-7-15(14)21-16(23)8-9-17(24)22-20-11-12-4-3-5-13(19)10-12/h1-7,10-11H,8-9H2,(H,21,23)(H,22,24)/b20-11+. The Morgan fingerprint density at radius 2 is 1.83 bits per heavy atom. The molecule has 0 aliphatic rings. The summed E-state index contributed by atoms with van der Waals surface area (Å²) in [6.07, 6.45) is 1.61. The molecule has 0 fully saturated rings. The molecule has 0 saturated heterocycles. The molecule has 2 amide bonds. The van der Waals surface area contributed by atoms with Crippen LogP contribution in [0.5, 0.6) is 0 Å². The zero-order valence-electron chi connectivity index (χ0n) is 12.6. The third-order valence-electron chi connectivity index (χ3n) is 2.98. The normalized spacial score (nSPS) is 10.6. The van der Waals surface area contributed by atoms with Crippen LogP contribution in [0.4, 0.5) is 5.69 Å². The number of anilines is 1. The summed E-state index contributed by atoms with van der Waals surface area (Å²) < 4.78 is 0.786. The quantitative estimate of drug-likeness (QED) is 0.561. The molecule has 0 spiro atoms. The second kappa shape index (κ2) is 9.20. The number of carbonyl (C=O) groups is 2. The Kier molecular flexibility index (Phi) is 6.96. The lowest BCUT2D eigenvalue weighted by Crippen LogP contribution is -2.20. The summed E-state index contributed by atoms with van der Waals surface area (Å²) in [6.45, 7) is 0. The van der Waals surface area contributed by atoms with Gasteiger partial charge in [0.15, 0.2) is 0 Å². The van der Waals surface area contributed by atoms with Crippen molar-refractivity contribution < 1.29 is 9.59 Å². The maximum Gasteiger partial charge on any atom is 0.240 e. The van der Waals surface area contributed by atoms with Crippen molar-refractivity contribution in [2.45, 2.75) is 12.8 Å². The van der Waals surface area contributed by atoms with Gasteiger partial charge in [0.25, 0.3) is 0 Å². The molecule has 0 atom stereocenters. The van der Waals surface area contributed by atoms with Gasteiger partial charge in [-0.3, -0.25) is 9.59 Å². The molecule has 0 bridgehead atoms. The Labute approximate surface area is 153 Å². The van der Waals surface area contributed by atoms with Crippen LogP contribution in [0.3, 0.4) is 0 Å². The Morgan fingerprint density at radius 3 is 2.58 bits per heavy atom. The first kappa shape index (κ1) is 18.2. The lowest BCUT2D eigenvalue weighted by atomic mass is 10.2. The first-order valence-corrected chi connectivity index (χ1v) is 8.33. The summed E-state index contributed by atoms with van der Waals surface area (Å²) in [7, 11) is 0. The van der Waals surface area contributed by atoms with Crippen LogP contribution in [0.2, 0.25) is 5.02 Å². The smallest absolute Gasteiger partial charge is 0.240 e. The fourth-order valence-electron chi connectivity index (χ4n) is 1.82. The zero-order valence-corrected chi connectivity index (χ0v) is 15.0. The van der Waals surface area contributed by atoms with Gasteiger partial charge in [0.05, 0.1) is 11.9 Å². The fourth-order valence-corrected chi connectivity index (χ4v) is 2.41. The van der Waals surface area contributed by atoms with Gasteiger partial charge >= 0.3 is 0 Å². The van der Waals surface area contributed by atoms with Crippen molar-refractivity contribution in [2.24, 2.45) is 5.10 Å². The van der Waals surface area contributed by atoms with Crippen molar-refractivity contribution in [1.29, 1.82) is 0 Å². The van der Waals surface area contributed by atoms with E-state index in [0.29, 0.717) is 10.7 Å². The summed E-state index contributed by atoms with van der Waals surface area (Å²) in [4.78, 5) is 23.5. The van der Waals surface area contributed by atoms with Crippen molar-refractivity contribution in [3.05, 3.63) is 63.6 Å². The van der Waals surface area contributed by atoms with Crippen molar-refractivity contribution in [1.82, 2.24) is 5.43 Å². The fraction of sp³-hybridized carbons (Fsp3) is 0.118. The van der Waals surface area contributed by atoms with E-state index >= 15 is 0 Å². The molecule has 0 saturated carbocycles. The number of hydrogen-bond donors (Lipinski definition) is 2. The SMILES string of the molecule is O=C(CCC(=O)Nc1ccccc1Br)N/N=C/c1cccc(Cl)c1. The molecule has 5 nitrogen and oxygen atoms in total. The van der Waals surface area contributed by atoms with E-state index in [9.17, 15) is 9.59 Å². The summed E-state index contributed by atoms with van der Waals surface area (Å²) in [6, 6.07) is 14.3. The highest BCUT2D eigenvalue weighted by molar-refractivity contribution is 9.10. The second-order valence-corrected chi connectivity index (χ2v) is 6.17. The molecular formula is C17H15BrClN3O2. The number of para-hydroxylation sites is 1. The van der Waals surface area contributed by atoms with E-state index in [4.69, 9.17) is 11.6 Å². The van der Waals surface area contributed by atoms with E-state index in [1.54, 1.807) is 24.3 Å². The lowest BCUT2D eigenvalue weighted by Gasteiger charge is -2.06. The van der Waals surface area contributed by atoms with Crippen LogP contribution in [0.15, 0.2) is 58.1 Å². The van der Waals surface area contributed by atoms with E-state index in [1.165, 1.54) is 6.21 Å². The number of benzene rings is 2. The van der Waals surface area contributed by atoms with Crippen molar-refractivity contribution in [3.8, 4) is 0 Å². The maximum absolute atomic E-state index is 11.8. The highest BCUT2D eigenvalue weighted by Gasteiger charge is 2.08. The Balaban J connectivity index is 1.75. The van der Waals surface area contributed by atoms with Gasteiger partial charge in [-0.1, -0.05) is 35.9 Å². The molecule has 7 heteroatoms. The van der Waals surface area contributed by atoms with Crippen LogP contribution in [-0.2, 0) is 9.59 Å². The highest BCUT2D eigenvalue weighted by atomic mass is 79.9. The van der Waals surface area contributed by atoms with Gasteiger partial charge in [0, 0.05) is 22.3 Å². The molecule has 0 aromatic heterocycles.